The van der Waals surface area contributed by atoms with Gasteiger partial charge in [-0.1, -0.05) is 6.07 Å². The van der Waals surface area contributed by atoms with Crippen LogP contribution in [0, 0.1) is 11.3 Å². The van der Waals surface area contributed by atoms with Crippen molar-refractivity contribution in [3.05, 3.63) is 47.8 Å². The second kappa shape index (κ2) is 6.63. The van der Waals surface area contributed by atoms with Crippen molar-refractivity contribution in [1.82, 2.24) is 14.7 Å². The molecular formula is C17H20N4O. The van der Waals surface area contributed by atoms with Gasteiger partial charge in [-0.2, -0.15) is 10.4 Å². The van der Waals surface area contributed by atoms with E-state index < -0.39 is 0 Å². The molecule has 22 heavy (non-hydrogen) atoms. The van der Waals surface area contributed by atoms with Crippen LogP contribution in [0.4, 0.5) is 0 Å². The summed E-state index contributed by atoms with van der Waals surface area (Å²) < 4.78 is 7.64. The van der Waals surface area contributed by atoms with Crippen molar-refractivity contribution in [3.63, 3.8) is 0 Å². The zero-order chi connectivity index (χ0) is 15.4. The first-order chi connectivity index (χ1) is 10.8. The molecule has 2 aromatic rings. The van der Waals surface area contributed by atoms with Crippen LogP contribution in [0.15, 0.2) is 36.7 Å². The molecule has 0 aliphatic carbocycles. The van der Waals surface area contributed by atoms with Gasteiger partial charge in [0.2, 0.25) is 0 Å². The van der Waals surface area contributed by atoms with E-state index in [1.54, 1.807) is 12.1 Å². The van der Waals surface area contributed by atoms with E-state index in [1.807, 2.05) is 30.1 Å². The molecule has 0 N–H and O–H groups in total. The number of nitriles is 1. The van der Waals surface area contributed by atoms with Crippen molar-refractivity contribution in [3.8, 4) is 11.8 Å². The van der Waals surface area contributed by atoms with Gasteiger partial charge in [0.1, 0.15) is 12.4 Å². The number of likely N-dealkylation sites (tertiary alicyclic amines) is 1. The summed E-state index contributed by atoms with van der Waals surface area (Å²) in [6, 6.07) is 9.88. The number of benzene rings is 1. The third-order valence-electron chi connectivity index (χ3n) is 4.08. The molecule has 0 amide bonds. The van der Waals surface area contributed by atoms with Crippen LogP contribution in [0.25, 0.3) is 0 Å². The molecule has 0 spiro atoms. The standard InChI is InChI=1S/C17H20N4O/c1-20-13-15(12-19-20)17-6-3-7-21(17)8-9-22-16-5-2-4-14(10-16)11-18/h2,4-5,10,12-13,17H,3,6-9H2,1H3. The second-order valence-corrected chi connectivity index (χ2v) is 5.63. The highest BCUT2D eigenvalue weighted by Gasteiger charge is 2.26. The summed E-state index contributed by atoms with van der Waals surface area (Å²) in [5, 5.41) is 13.2. The normalized spacial score (nSPS) is 18.3. The summed E-state index contributed by atoms with van der Waals surface area (Å²) in [7, 11) is 1.95. The van der Waals surface area contributed by atoms with E-state index in [0.29, 0.717) is 18.2 Å². The van der Waals surface area contributed by atoms with Crippen LogP contribution in [-0.4, -0.2) is 34.4 Å². The fourth-order valence-electron chi connectivity index (χ4n) is 3.02. The van der Waals surface area contributed by atoms with Crippen LogP contribution in [0.5, 0.6) is 5.75 Å². The van der Waals surface area contributed by atoms with Crippen molar-refractivity contribution >= 4 is 0 Å². The summed E-state index contributed by atoms with van der Waals surface area (Å²) in [5.74, 6) is 0.760. The SMILES string of the molecule is Cn1cc(C2CCCN2CCOc2cccc(C#N)c2)cn1. The van der Waals surface area contributed by atoms with E-state index >= 15 is 0 Å². The summed E-state index contributed by atoms with van der Waals surface area (Å²) in [6.07, 6.45) is 6.44. The third kappa shape index (κ3) is 3.29. The van der Waals surface area contributed by atoms with Gasteiger partial charge >= 0.3 is 0 Å². The highest BCUT2D eigenvalue weighted by molar-refractivity contribution is 5.36. The highest BCUT2D eigenvalue weighted by Crippen LogP contribution is 2.31. The Balaban J connectivity index is 1.55. The first-order valence-electron chi connectivity index (χ1n) is 7.62. The highest BCUT2D eigenvalue weighted by atomic mass is 16.5. The molecule has 1 aliphatic heterocycles. The van der Waals surface area contributed by atoms with Crippen molar-refractivity contribution < 1.29 is 4.74 Å². The summed E-state index contributed by atoms with van der Waals surface area (Å²) in [6.45, 7) is 2.61. The lowest BCUT2D eigenvalue weighted by atomic mass is 10.1. The van der Waals surface area contributed by atoms with E-state index in [0.717, 1.165) is 18.8 Å². The average molecular weight is 296 g/mol. The van der Waals surface area contributed by atoms with Crippen molar-refractivity contribution in [2.24, 2.45) is 7.05 Å². The Morgan fingerprint density at radius 1 is 1.45 bits per heavy atom. The maximum Gasteiger partial charge on any atom is 0.120 e. The Kier molecular flexibility index (Phi) is 4.40. The lowest BCUT2D eigenvalue weighted by molar-refractivity contribution is 0.197. The molecule has 1 aromatic carbocycles. The Morgan fingerprint density at radius 3 is 3.14 bits per heavy atom. The van der Waals surface area contributed by atoms with Gasteiger partial charge in [0, 0.05) is 31.4 Å². The molecule has 1 aromatic heterocycles. The van der Waals surface area contributed by atoms with Gasteiger partial charge in [0.05, 0.1) is 17.8 Å². The van der Waals surface area contributed by atoms with Crippen LogP contribution in [0.2, 0.25) is 0 Å². The number of hydrogen-bond donors (Lipinski definition) is 0. The molecule has 1 atom stereocenters. The van der Waals surface area contributed by atoms with Crippen LogP contribution < -0.4 is 4.74 Å². The number of rotatable bonds is 5. The fraction of sp³-hybridized carbons (Fsp3) is 0.412. The predicted octanol–water partition coefficient (Wildman–Crippen LogP) is 2.51. The van der Waals surface area contributed by atoms with Gasteiger partial charge in [-0.3, -0.25) is 9.58 Å². The molecule has 114 valence electrons. The van der Waals surface area contributed by atoms with Crippen LogP contribution in [0.3, 0.4) is 0 Å². The molecule has 1 unspecified atom stereocenters. The van der Waals surface area contributed by atoms with Crippen molar-refractivity contribution in [2.75, 3.05) is 19.7 Å². The minimum absolute atomic E-state index is 0.447. The maximum atomic E-state index is 8.90. The number of hydrogen-bond acceptors (Lipinski definition) is 4. The van der Waals surface area contributed by atoms with Crippen LogP contribution in [-0.2, 0) is 7.05 Å². The summed E-state index contributed by atoms with van der Waals surface area (Å²) >= 11 is 0. The van der Waals surface area contributed by atoms with Crippen molar-refractivity contribution in [2.45, 2.75) is 18.9 Å². The van der Waals surface area contributed by atoms with Gasteiger partial charge in [-0.25, -0.2) is 0 Å². The lowest BCUT2D eigenvalue weighted by Crippen LogP contribution is -2.28. The van der Waals surface area contributed by atoms with Gasteiger partial charge in [-0.15, -0.1) is 0 Å². The van der Waals surface area contributed by atoms with E-state index in [1.165, 1.54) is 18.4 Å². The summed E-state index contributed by atoms with van der Waals surface area (Å²) in [5.41, 5.74) is 1.92. The molecular weight excluding hydrogens is 276 g/mol. The zero-order valence-electron chi connectivity index (χ0n) is 12.8. The van der Waals surface area contributed by atoms with Crippen LogP contribution in [0.1, 0.15) is 30.0 Å². The van der Waals surface area contributed by atoms with Gasteiger partial charge in [0.15, 0.2) is 0 Å². The predicted molar refractivity (Wildman–Crippen MR) is 83.4 cm³/mol. The molecule has 1 fully saturated rings. The lowest BCUT2D eigenvalue weighted by Gasteiger charge is -2.23. The zero-order valence-corrected chi connectivity index (χ0v) is 12.8. The smallest absolute Gasteiger partial charge is 0.120 e. The molecule has 1 saturated heterocycles. The molecule has 5 heteroatoms. The Hall–Kier alpha value is -2.32. The molecule has 1 aliphatic rings. The summed E-state index contributed by atoms with van der Waals surface area (Å²) in [4.78, 5) is 2.45. The quantitative estimate of drug-likeness (QED) is 0.850. The average Bonchev–Trinajstić information content (AvgIpc) is 3.16. The second-order valence-electron chi connectivity index (χ2n) is 5.63. The number of ether oxygens (including phenoxy) is 1. The van der Waals surface area contributed by atoms with E-state index in [9.17, 15) is 0 Å². The van der Waals surface area contributed by atoms with E-state index in [2.05, 4.69) is 22.3 Å². The number of nitrogens with zero attached hydrogens (tertiary/aromatic N) is 4. The number of aromatic nitrogens is 2. The minimum Gasteiger partial charge on any atom is -0.492 e. The molecule has 0 bridgehead atoms. The molecule has 3 rings (SSSR count). The third-order valence-corrected chi connectivity index (χ3v) is 4.08. The van der Waals surface area contributed by atoms with E-state index in [-0.39, 0.29) is 0 Å². The number of aryl methyl sites for hydroxylation is 1. The van der Waals surface area contributed by atoms with Gasteiger partial charge < -0.3 is 4.74 Å². The first kappa shape index (κ1) is 14.6. The Morgan fingerprint density at radius 2 is 2.36 bits per heavy atom. The minimum atomic E-state index is 0.447. The van der Waals surface area contributed by atoms with Gasteiger partial charge in [-0.05, 0) is 37.6 Å². The van der Waals surface area contributed by atoms with Crippen molar-refractivity contribution in [1.29, 1.82) is 5.26 Å². The molecule has 0 radical (unpaired) electrons. The largest absolute Gasteiger partial charge is 0.492 e. The van der Waals surface area contributed by atoms with Gasteiger partial charge in [0.25, 0.3) is 0 Å². The first-order valence-corrected chi connectivity index (χ1v) is 7.62. The molecule has 5 nitrogen and oxygen atoms in total. The Bertz CT molecular complexity index is 673. The van der Waals surface area contributed by atoms with Crippen LogP contribution >= 0.6 is 0 Å². The monoisotopic (exact) mass is 296 g/mol. The fourth-order valence-corrected chi connectivity index (χ4v) is 3.02. The van der Waals surface area contributed by atoms with E-state index in [4.69, 9.17) is 10.00 Å². The maximum absolute atomic E-state index is 8.90. The molecule has 2 heterocycles. The topological polar surface area (TPSA) is 54.1 Å². The Labute approximate surface area is 130 Å². The molecule has 0 saturated carbocycles.